The predicted octanol–water partition coefficient (Wildman–Crippen LogP) is 3.08. The van der Waals surface area contributed by atoms with Crippen LogP contribution in [0.1, 0.15) is 52.4 Å². The Morgan fingerprint density at radius 2 is 1.53 bits per heavy atom. The number of nitrogens with zero attached hydrogens (tertiary/aromatic N) is 2. The van der Waals surface area contributed by atoms with E-state index in [9.17, 15) is 9.46 Å². The fourth-order valence-corrected chi connectivity index (χ4v) is 4.46. The highest BCUT2D eigenvalue weighted by atomic mass is 31.2. The third-order valence-electron chi connectivity index (χ3n) is 3.28. The molecule has 0 aromatic heterocycles. The average Bonchev–Trinajstić information content (AvgIpc) is 2.57. The van der Waals surface area contributed by atoms with Crippen molar-refractivity contribution in [3.05, 3.63) is 0 Å². The monoisotopic (exact) mass is 262 g/mol. The predicted molar refractivity (Wildman–Crippen MR) is 72.0 cm³/mol. The molecule has 0 aliphatic carbocycles. The van der Waals surface area contributed by atoms with Crippen LogP contribution in [0.3, 0.4) is 0 Å². The first-order valence-electron chi connectivity index (χ1n) is 6.96. The van der Waals surface area contributed by atoms with Crippen LogP contribution in [0, 0.1) is 0 Å². The molecule has 102 valence electrons. The van der Waals surface area contributed by atoms with Crippen molar-refractivity contribution in [2.45, 2.75) is 52.4 Å². The second-order valence-corrected chi connectivity index (χ2v) is 6.99. The van der Waals surface area contributed by atoms with Gasteiger partial charge in [-0.1, -0.05) is 26.7 Å². The molecule has 17 heavy (non-hydrogen) atoms. The molecule has 1 rings (SSSR count). The molecule has 1 heterocycles. The standard InChI is InChI=1S/C12H27N2O2P/c1-3-9-13(10-4-2)17(15,16)14-11-7-5-6-8-12-14/h3-12H2,1-2H3,(H,15,16). The van der Waals surface area contributed by atoms with E-state index in [1.54, 1.807) is 4.67 Å². The minimum atomic E-state index is -3.27. The average molecular weight is 262 g/mol. The first-order chi connectivity index (χ1) is 8.12. The third kappa shape index (κ3) is 4.36. The van der Waals surface area contributed by atoms with Gasteiger partial charge in [-0.2, -0.15) is 0 Å². The van der Waals surface area contributed by atoms with Crippen LogP contribution >= 0.6 is 7.67 Å². The summed E-state index contributed by atoms with van der Waals surface area (Å²) in [5, 5.41) is 0. The van der Waals surface area contributed by atoms with E-state index in [-0.39, 0.29) is 0 Å². The fraction of sp³-hybridized carbons (Fsp3) is 1.00. The summed E-state index contributed by atoms with van der Waals surface area (Å²) >= 11 is 0. The minimum Gasteiger partial charge on any atom is -0.322 e. The van der Waals surface area contributed by atoms with Crippen molar-refractivity contribution in [2.75, 3.05) is 26.2 Å². The quantitative estimate of drug-likeness (QED) is 0.747. The molecule has 1 saturated heterocycles. The van der Waals surface area contributed by atoms with Crippen molar-refractivity contribution in [3.63, 3.8) is 0 Å². The molecule has 1 unspecified atom stereocenters. The van der Waals surface area contributed by atoms with E-state index in [1.165, 1.54) is 12.8 Å². The molecule has 4 nitrogen and oxygen atoms in total. The van der Waals surface area contributed by atoms with Crippen molar-refractivity contribution in [1.29, 1.82) is 0 Å². The van der Waals surface area contributed by atoms with Gasteiger partial charge < -0.3 is 4.89 Å². The Morgan fingerprint density at radius 1 is 1.06 bits per heavy atom. The zero-order valence-electron chi connectivity index (χ0n) is 11.3. The van der Waals surface area contributed by atoms with Crippen molar-refractivity contribution >= 4 is 7.67 Å². The van der Waals surface area contributed by atoms with Crippen LogP contribution in [-0.4, -0.2) is 40.4 Å². The van der Waals surface area contributed by atoms with Gasteiger partial charge in [-0.05, 0) is 25.7 Å². The Hall–Kier alpha value is 0.110. The lowest BCUT2D eigenvalue weighted by Crippen LogP contribution is -2.33. The maximum atomic E-state index is 12.6. The SMILES string of the molecule is CCCN(CCC)P(=O)(O)N1CCCCCC1. The van der Waals surface area contributed by atoms with Gasteiger partial charge in [-0.25, -0.2) is 9.34 Å². The van der Waals surface area contributed by atoms with Crippen LogP contribution in [0.25, 0.3) is 0 Å². The molecule has 1 aliphatic rings. The van der Waals surface area contributed by atoms with Crippen molar-refractivity contribution in [2.24, 2.45) is 0 Å². The highest BCUT2D eigenvalue weighted by Gasteiger charge is 2.34. The van der Waals surface area contributed by atoms with Gasteiger partial charge in [0.1, 0.15) is 0 Å². The normalized spacial score (nSPS) is 22.4. The van der Waals surface area contributed by atoms with E-state index in [2.05, 4.69) is 13.8 Å². The summed E-state index contributed by atoms with van der Waals surface area (Å²) < 4.78 is 16.2. The smallest absolute Gasteiger partial charge is 0.322 e. The summed E-state index contributed by atoms with van der Waals surface area (Å²) in [6, 6.07) is 0. The van der Waals surface area contributed by atoms with Crippen LogP contribution in [0.5, 0.6) is 0 Å². The molecule has 1 atom stereocenters. The summed E-state index contributed by atoms with van der Waals surface area (Å²) in [5.41, 5.74) is 0. The molecule has 5 heteroatoms. The van der Waals surface area contributed by atoms with Gasteiger partial charge in [-0.15, -0.1) is 0 Å². The molecular formula is C12H27N2O2P. The lowest BCUT2D eigenvalue weighted by atomic mass is 10.2. The van der Waals surface area contributed by atoms with Crippen molar-refractivity contribution in [1.82, 2.24) is 9.34 Å². The molecule has 0 spiro atoms. The zero-order chi connectivity index (χ0) is 12.7. The molecule has 1 fully saturated rings. The highest BCUT2D eigenvalue weighted by Crippen LogP contribution is 2.49. The summed E-state index contributed by atoms with van der Waals surface area (Å²) in [6.07, 6.45) is 6.35. The Kier molecular flexibility index (Phi) is 6.71. The van der Waals surface area contributed by atoms with Gasteiger partial charge in [0, 0.05) is 26.2 Å². The second-order valence-electron chi connectivity index (χ2n) is 4.83. The second kappa shape index (κ2) is 7.52. The van der Waals surface area contributed by atoms with E-state index in [0.717, 1.165) is 51.9 Å². The van der Waals surface area contributed by atoms with Gasteiger partial charge in [0.2, 0.25) is 0 Å². The van der Waals surface area contributed by atoms with E-state index < -0.39 is 7.67 Å². The Labute approximate surface area is 106 Å². The topological polar surface area (TPSA) is 43.8 Å². The zero-order valence-corrected chi connectivity index (χ0v) is 12.2. The maximum absolute atomic E-state index is 12.6. The maximum Gasteiger partial charge on any atom is 0.343 e. The fourth-order valence-electron chi connectivity index (χ4n) is 2.38. The van der Waals surface area contributed by atoms with Gasteiger partial charge in [0.15, 0.2) is 0 Å². The van der Waals surface area contributed by atoms with Crippen LogP contribution in [0.4, 0.5) is 0 Å². The van der Waals surface area contributed by atoms with Gasteiger partial charge in [-0.3, -0.25) is 4.57 Å². The Bertz CT molecular complexity index is 241. The number of hydrogen-bond donors (Lipinski definition) is 1. The van der Waals surface area contributed by atoms with Crippen molar-refractivity contribution < 1.29 is 9.46 Å². The lowest BCUT2D eigenvalue weighted by molar-refractivity contribution is 0.268. The summed E-state index contributed by atoms with van der Waals surface area (Å²) in [7, 11) is -3.27. The molecule has 0 aromatic carbocycles. The van der Waals surface area contributed by atoms with E-state index >= 15 is 0 Å². The largest absolute Gasteiger partial charge is 0.343 e. The molecule has 0 aromatic rings. The van der Waals surface area contributed by atoms with Crippen LogP contribution in [-0.2, 0) is 4.57 Å². The van der Waals surface area contributed by atoms with Gasteiger partial charge >= 0.3 is 7.67 Å². The summed E-state index contributed by atoms with van der Waals surface area (Å²) in [5.74, 6) is 0. The molecule has 0 bridgehead atoms. The lowest BCUT2D eigenvalue weighted by Gasteiger charge is -2.34. The molecule has 0 amide bonds. The Balaban J connectivity index is 2.69. The summed E-state index contributed by atoms with van der Waals surface area (Å²) in [6.45, 7) is 7.11. The Morgan fingerprint density at radius 3 is 1.94 bits per heavy atom. The van der Waals surface area contributed by atoms with Crippen LogP contribution in [0.2, 0.25) is 0 Å². The van der Waals surface area contributed by atoms with Crippen LogP contribution in [0.15, 0.2) is 0 Å². The molecular weight excluding hydrogens is 235 g/mol. The summed E-state index contributed by atoms with van der Waals surface area (Å²) in [4.78, 5) is 10.4. The first kappa shape index (κ1) is 15.2. The minimum absolute atomic E-state index is 0.720. The van der Waals surface area contributed by atoms with Crippen molar-refractivity contribution in [3.8, 4) is 0 Å². The highest BCUT2D eigenvalue weighted by molar-refractivity contribution is 7.52. The van der Waals surface area contributed by atoms with Gasteiger partial charge in [0.25, 0.3) is 0 Å². The number of rotatable bonds is 6. The van der Waals surface area contributed by atoms with E-state index in [1.807, 2.05) is 4.67 Å². The molecule has 1 aliphatic heterocycles. The van der Waals surface area contributed by atoms with E-state index in [0.29, 0.717) is 0 Å². The third-order valence-corrected chi connectivity index (χ3v) is 5.56. The van der Waals surface area contributed by atoms with E-state index in [4.69, 9.17) is 0 Å². The van der Waals surface area contributed by atoms with Crippen LogP contribution < -0.4 is 0 Å². The molecule has 0 saturated carbocycles. The molecule has 0 radical (unpaired) electrons. The van der Waals surface area contributed by atoms with Gasteiger partial charge in [0.05, 0.1) is 0 Å². The number of hydrogen-bond acceptors (Lipinski definition) is 1. The first-order valence-corrected chi connectivity index (χ1v) is 8.53. The molecule has 1 N–H and O–H groups in total.